The highest BCUT2D eigenvalue weighted by atomic mass is 16.6. The summed E-state index contributed by atoms with van der Waals surface area (Å²) < 4.78 is 10.5. The van der Waals surface area contributed by atoms with Gasteiger partial charge in [0.05, 0.1) is 19.8 Å². The van der Waals surface area contributed by atoms with Crippen LogP contribution in [0.4, 0.5) is 0 Å². The molecule has 100 valence electrons. The van der Waals surface area contributed by atoms with Crippen LogP contribution in [0.15, 0.2) is 24.3 Å². The SMILES string of the molecule is CC(C)(C)c1ccc(C(O)COC2COC2)cc1. The van der Waals surface area contributed by atoms with Crippen molar-refractivity contribution in [3.63, 3.8) is 0 Å². The average molecular weight is 250 g/mol. The molecule has 0 aromatic heterocycles. The monoisotopic (exact) mass is 250 g/mol. The molecule has 1 unspecified atom stereocenters. The Morgan fingerprint density at radius 3 is 2.33 bits per heavy atom. The van der Waals surface area contributed by atoms with Crippen molar-refractivity contribution in [3.8, 4) is 0 Å². The van der Waals surface area contributed by atoms with Gasteiger partial charge in [0.15, 0.2) is 0 Å². The van der Waals surface area contributed by atoms with E-state index in [2.05, 4.69) is 32.9 Å². The summed E-state index contributed by atoms with van der Waals surface area (Å²) in [6, 6.07) is 8.10. The first-order chi connectivity index (χ1) is 8.47. The van der Waals surface area contributed by atoms with Crippen LogP contribution in [0.1, 0.15) is 38.0 Å². The molecule has 3 nitrogen and oxygen atoms in total. The second-order valence-electron chi connectivity index (χ2n) is 5.88. The maximum absolute atomic E-state index is 10.0. The summed E-state index contributed by atoms with van der Waals surface area (Å²) in [6.45, 7) is 8.17. The summed E-state index contributed by atoms with van der Waals surface area (Å²) in [7, 11) is 0. The van der Waals surface area contributed by atoms with Gasteiger partial charge in [0.25, 0.3) is 0 Å². The molecule has 1 N–H and O–H groups in total. The van der Waals surface area contributed by atoms with E-state index in [4.69, 9.17) is 9.47 Å². The van der Waals surface area contributed by atoms with Gasteiger partial charge >= 0.3 is 0 Å². The molecule has 0 amide bonds. The van der Waals surface area contributed by atoms with E-state index in [1.807, 2.05) is 12.1 Å². The number of hydrogen-bond donors (Lipinski definition) is 1. The Morgan fingerprint density at radius 2 is 1.89 bits per heavy atom. The van der Waals surface area contributed by atoms with Gasteiger partial charge in [-0.25, -0.2) is 0 Å². The van der Waals surface area contributed by atoms with Crippen LogP contribution in [0.3, 0.4) is 0 Å². The summed E-state index contributed by atoms with van der Waals surface area (Å²) >= 11 is 0. The molecular weight excluding hydrogens is 228 g/mol. The van der Waals surface area contributed by atoms with Gasteiger partial charge in [0.2, 0.25) is 0 Å². The van der Waals surface area contributed by atoms with Crippen LogP contribution in [0.2, 0.25) is 0 Å². The first-order valence-electron chi connectivity index (χ1n) is 6.44. The maximum atomic E-state index is 10.0. The molecule has 18 heavy (non-hydrogen) atoms. The maximum Gasteiger partial charge on any atom is 0.104 e. The number of aliphatic hydroxyl groups excluding tert-OH is 1. The van der Waals surface area contributed by atoms with E-state index in [1.54, 1.807) is 0 Å². The van der Waals surface area contributed by atoms with Crippen molar-refractivity contribution >= 4 is 0 Å². The minimum absolute atomic E-state index is 0.142. The van der Waals surface area contributed by atoms with Gasteiger partial charge in [0, 0.05) is 0 Å². The molecule has 1 aliphatic rings. The number of aliphatic hydroxyl groups is 1. The average Bonchev–Trinajstić information content (AvgIpc) is 2.26. The van der Waals surface area contributed by atoms with Crippen LogP contribution < -0.4 is 0 Å². The van der Waals surface area contributed by atoms with Crippen molar-refractivity contribution in [2.45, 2.75) is 38.4 Å². The molecule has 1 heterocycles. The lowest BCUT2D eigenvalue weighted by Crippen LogP contribution is -2.37. The lowest BCUT2D eigenvalue weighted by atomic mass is 9.86. The van der Waals surface area contributed by atoms with E-state index >= 15 is 0 Å². The van der Waals surface area contributed by atoms with Crippen LogP contribution >= 0.6 is 0 Å². The highest BCUT2D eigenvalue weighted by Gasteiger charge is 2.21. The predicted molar refractivity (Wildman–Crippen MR) is 70.7 cm³/mol. The summed E-state index contributed by atoms with van der Waals surface area (Å²) in [4.78, 5) is 0. The minimum Gasteiger partial charge on any atom is -0.386 e. The summed E-state index contributed by atoms with van der Waals surface area (Å²) in [6.07, 6.45) is -0.395. The van der Waals surface area contributed by atoms with Crippen LogP contribution in [-0.2, 0) is 14.9 Å². The van der Waals surface area contributed by atoms with E-state index in [-0.39, 0.29) is 11.5 Å². The number of rotatable bonds is 4. The van der Waals surface area contributed by atoms with Crippen LogP contribution in [0.25, 0.3) is 0 Å². The Balaban J connectivity index is 1.91. The first-order valence-corrected chi connectivity index (χ1v) is 6.44. The third kappa shape index (κ3) is 3.31. The minimum atomic E-state index is -0.556. The van der Waals surface area contributed by atoms with Gasteiger partial charge in [-0.05, 0) is 16.5 Å². The molecular formula is C15H22O3. The zero-order chi connectivity index (χ0) is 13.2. The van der Waals surface area contributed by atoms with Gasteiger partial charge in [0.1, 0.15) is 12.2 Å². The lowest BCUT2D eigenvalue weighted by molar-refractivity contribution is -0.143. The molecule has 0 bridgehead atoms. The highest BCUT2D eigenvalue weighted by Crippen LogP contribution is 2.24. The number of benzene rings is 1. The van der Waals surface area contributed by atoms with Crippen LogP contribution in [0.5, 0.6) is 0 Å². The molecule has 1 aliphatic heterocycles. The van der Waals surface area contributed by atoms with Crippen molar-refractivity contribution in [3.05, 3.63) is 35.4 Å². The van der Waals surface area contributed by atoms with E-state index in [0.29, 0.717) is 19.8 Å². The van der Waals surface area contributed by atoms with Crippen molar-refractivity contribution in [1.29, 1.82) is 0 Å². The smallest absolute Gasteiger partial charge is 0.104 e. The number of ether oxygens (including phenoxy) is 2. The van der Waals surface area contributed by atoms with Gasteiger partial charge in [-0.2, -0.15) is 0 Å². The largest absolute Gasteiger partial charge is 0.386 e. The quantitative estimate of drug-likeness (QED) is 0.892. The van der Waals surface area contributed by atoms with Gasteiger partial charge in [-0.15, -0.1) is 0 Å². The van der Waals surface area contributed by atoms with Gasteiger partial charge in [-0.3, -0.25) is 0 Å². The fraction of sp³-hybridized carbons (Fsp3) is 0.600. The van der Waals surface area contributed by atoms with Gasteiger partial charge < -0.3 is 14.6 Å². The van der Waals surface area contributed by atoms with Crippen LogP contribution in [-0.4, -0.2) is 31.0 Å². The fourth-order valence-electron chi connectivity index (χ4n) is 1.84. The second kappa shape index (κ2) is 5.39. The fourth-order valence-corrected chi connectivity index (χ4v) is 1.84. The Kier molecular flexibility index (Phi) is 4.05. The lowest BCUT2D eigenvalue weighted by Gasteiger charge is -2.27. The van der Waals surface area contributed by atoms with Crippen molar-refractivity contribution in [2.75, 3.05) is 19.8 Å². The Labute approximate surface area is 109 Å². The number of hydrogen-bond acceptors (Lipinski definition) is 3. The highest BCUT2D eigenvalue weighted by molar-refractivity contribution is 5.28. The molecule has 1 atom stereocenters. The van der Waals surface area contributed by atoms with Gasteiger partial charge in [-0.1, -0.05) is 45.0 Å². The molecule has 3 heteroatoms. The third-order valence-corrected chi connectivity index (χ3v) is 3.26. The van der Waals surface area contributed by atoms with E-state index in [9.17, 15) is 5.11 Å². The third-order valence-electron chi connectivity index (χ3n) is 3.26. The van der Waals surface area contributed by atoms with E-state index < -0.39 is 6.10 Å². The molecule has 1 aromatic carbocycles. The van der Waals surface area contributed by atoms with Crippen molar-refractivity contribution in [1.82, 2.24) is 0 Å². The Morgan fingerprint density at radius 1 is 1.28 bits per heavy atom. The molecule has 1 fully saturated rings. The Bertz CT molecular complexity index is 374. The zero-order valence-electron chi connectivity index (χ0n) is 11.3. The topological polar surface area (TPSA) is 38.7 Å². The van der Waals surface area contributed by atoms with Crippen LogP contribution in [0, 0.1) is 0 Å². The molecule has 0 aliphatic carbocycles. The van der Waals surface area contributed by atoms with Crippen molar-refractivity contribution in [2.24, 2.45) is 0 Å². The molecule has 0 radical (unpaired) electrons. The zero-order valence-corrected chi connectivity index (χ0v) is 11.3. The standard InChI is InChI=1S/C15H22O3/c1-15(2,3)12-6-4-11(5-7-12)14(16)10-18-13-8-17-9-13/h4-7,13-14,16H,8-10H2,1-3H3. The normalized spacial score (nSPS) is 18.4. The second-order valence-corrected chi connectivity index (χ2v) is 5.88. The van der Waals surface area contributed by atoms with E-state index in [1.165, 1.54) is 5.56 Å². The molecule has 1 saturated heterocycles. The predicted octanol–water partition coefficient (Wildman–Crippen LogP) is 2.43. The van der Waals surface area contributed by atoms with Crippen molar-refractivity contribution < 1.29 is 14.6 Å². The molecule has 1 aromatic rings. The summed E-state index contributed by atoms with van der Waals surface area (Å²) in [5.74, 6) is 0. The van der Waals surface area contributed by atoms with E-state index in [0.717, 1.165) is 5.56 Å². The Hall–Kier alpha value is -0.900. The molecule has 0 saturated carbocycles. The molecule has 0 spiro atoms. The molecule has 2 rings (SSSR count). The summed E-state index contributed by atoms with van der Waals surface area (Å²) in [5.41, 5.74) is 2.32. The summed E-state index contributed by atoms with van der Waals surface area (Å²) in [5, 5.41) is 10.0. The first kappa shape index (κ1) is 13.5.